The van der Waals surface area contributed by atoms with Crippen LogP contribution >= 0.6 is 22.7 Å². The van der Waals surface area contributed by atoms with Crippen LogP contribution < -0.4 is 0 Å². The summed E-state index contributed by atoms with van der Waals surface area (Å²) in [5, 5.41) is 4.13. The van der Waals surface area contributed by atoms with Crippen molar-refractivity contribution in [3.63, 3.8) is 0 Å². The third kappa shape index (κ3) is 4.84. The summed E-state index contributed by atoms with van der Waals surface area (Å²) in [6.45, 7) is 2.27. The molecule has 1 saturated heterocycles. The number of likely N-dealkylation sites (tertiary alicyclic amines) is 1. The molecule has 1 fully saturated rings. The van der Waals surface area contributed by atoms with Crippen LogP contribution in [0, 0.1) is 24.6 Å². The molecule has 7 nitrogen and oxygen atoms in total. The molecular formula is C24H25FN4O3S2. The second-order valence-electron chi connectivity index (χ2n) is 8.58. The van der Waals surface area contributed by atoms with Crippen LogP contribution in [-0.2, 0) is 4.79 Å². The summed E-state index contributed by atoms with van der Waals surface area (Å²) in [4.78, 5) is 51.6. The van der Waals surface area contributed by atoms with E-state index in [2.05, 4.69) is 9.97 Å². The Balaban J connectivity index is 1.82. The van der Waals surface area contributed by atoms with Gasteiger partial charge in [0.25, 0.3) is 0 Å². The Morgan fingerprint density at radius 3 is 2.06 bits per heavy atom. The van der Waals surface area contributed by atoms with E-state index in [-0.39, 0.29) is 42.9 Å². The number of aromatic nitrogens is 2. The molecule has 4 rings (SSSR count). The van der Waals surface area contributed by atoms with Gasteiger partial charge in [0.2, 0.25) is 5.91 Å². The van der Waals surface area contributed by atoms with Crippen LogP contribution in [0.2, 0.25) is 0 Å². The number of halogens is 1. The maximum absolute atomic E-state index is 14.6. The number of likely N-dealkylation sites (N-methyl/N-ethyl adjacent to an activating group) is 1. The largest absolute Gasteiger partial charge is 0.348 e. The van der Waals surface area contributed by atoms with Gasteiger partial charge in [-0.05, 0) is 24.1 Å². The Kier molecular flexibility index (Phi) is 7.30. The highest BCUT2D eigenvalue weighted by Crippen LogP contribution is 2.42. The van der Waals surface area contributed by atoms with E-state index in [1.54, 1.807) is 56.3 Å². The van der Waals surface area contributed by atoms with Crippen LogP contribution in [0.5, 0.6) is 0 Å². The van der Waals surface area contributed by atoms with E-state index >= 15 is 0 Å². The van der Waals surface area contributed by atoms with E-state index in [1.807, 2.05) is 4.90 Å². The molecule has 10 heteroatoms. The lowest BCUT2D eigenvalue weighted by Gasteiger charge is -2.43. The van der Waals surface area contributed by atoms with Gasteiger partial charge in [0.15, 0.2) is 21.6 Å². The van der Waals surface area contributed by atoms with Crippen molar-refractivity contribution in [1.82, 2.24) is 19.8 Å². The summed E-state index contributed by atoms with van der Waals surface area (Å²) in [6, 6.07) is 4.77. The van der Waals surface area contributed by atoms with Gasteiger partial charge >= 0.3 is 0 Å². The zero-order valence-electron chi connectivity index (χ0n) is 19.1. The highest BCUT2D eigenvalue weighted by atomic mass is 32.1. The normalized spacial score (nSPS) is 20.8. The molecule has 0 spiro atoms. The number of rotatable bonds is 7. The summed E-state index contributed by atoms with van der Waals surface area (Å²) >= 11 is 2.47. The quantitative estimate of drug-likeness (QED) is 0.462. The van der Waals surface area contributed by atoms with Crippen molar-refractivity contribution in [3.05, 3.63) is 68.3 Å². The molecule has 2 aromatic heterocycles. The van der Waals surface area contributed by atoms with E-state index in [0.717, 1.165) is 0 Å². The van der Waals surface area contributed by atoms with Gasteiger partial charge in [-0.3, -0.25) is 19.3 Å². The van der Waals surface area contributed by atoms with E-state index in [9.17, 15) is 18.8 Å². The number of hydrogen-bond donors (Lipinski definition) is 0. The van der Waals surface area contributed by atoms with Gasteiger partial charge in [-0.25, -0.2) is 14.4 Å². The number of nitrogens with zero attached hydrogens (tertiary/aromatic N) is 4. The number of thiazole rings is 2. The number of hydrogen-bond acceptors (Lipinski definition) is 8. The smallest absolute Gasteiger partial charge is 0.236 e. The maximum atomic E-state index is 14.6. The first-order valence-corrected chi connectivity index (χ1v) is 12.6. The molecule has 0 radical (unpaired) electrons. The molecule has 178 valence electrons. The number of amides is 1. The molecule has 0 saturated carbocycles. The zero-order chi connectivity index (χ0) is 24.4. The fourth-order valence-corrected chi connectivity index (χ4v) is 5.80. The predicted molar refractivity (Wildman–Crippen MR) is 129 cm³/mol. The number of Topliss-reactive ketones (excluding diaryl/α,β-unsaturated/α-hetero) is 2. The fourth-order valence-electron chi connectivity index (χ4n) is 4.52. The highest BCUT2D eigenvalue weighted by Gasteiger charge is 2.46. The van der Waals surface area contributed by atoms with Crippen molar-refractivity contribution in [3.8, 4) is 0 Å². The van der Waals surface area contributed by atoms with Crippen LogP contribution in [0.1, 0.15) is 36.6 Å². The molecule has 2 atom stereocenters. The fraction of sp³-hybridized carbons (Fsp3) is 0.375. The number of benzene rings is 1. The number of carbonyl (C=O) groups is 3. The lowest BCUT2D eigenvalue weighted by atomic mass is 9.69. The predicted octanol–water partition coefficient (Wildman–Crippen LogP) is 3.53. The average Bonchev–Trinajstić information content (AvgIpc) is 3.54. The number of ketones is 2. The summed E-state index contributed by atoms with van der Waals surface area (Å²) < 4.78 is 14.6. The first kappa shape index (κ1) is 24.3. The molecule has 1 aliphatic heterocycles. The third-order valence-corrected chi connectivity index (χ3v) is 7.84. The first-order valence-electron chi connectivity index (χ1n) is 10.8. The highest BCUT2D eigenvalue weighted by molar-refractivity contribution is 7.12. The SMILES string of the molecule is Cc1c(F)cccc1C1C(C(=O)c2nccs2)CN(CC(=O)N(C)C)CC1C(=O)c1nccs1. The Hall–Kier alpha value is -2.82. The van der Waals surface area contributed by atoms with Crippen LogP contribution in [0.4, 0.5) is 4.39 Å². The summed E-state index contributed by atoms with van der Waals surface area (Å²) in [5.74, 6) is -2.85. The summed E-state index contributed by atoms with van der Waals surface area (Å²) in [5.41, 5.74) is 1.04. The number of carbonyl (C=O) groups excluding carboxylic acids is 3. The molecule has 0 N–H and O–H groups in total. The molecule has 0 aliphatic carbocycles. The van der Waals surface area contributed by atoms with E-state index in [0.29, 0.717) is 21.1 Å². The van der Waals surface area contributed by atoms with Gasteiger partial charge in [0, 0.05) is 68.1 Å². The lowest BCUT2D eigenvalue weighted by Crippen LogP contribution is -2.52. The van der Waals surface area contributed by atoms with Gasteiger partial charge < -0.3 is 4.90 Å². The Bertz CT molecular complexity index is 1120. The molecule has 1 aliphatic rings. The molecule has 3 heterocycles. The Morgan fingerprint density at radius 1 is 1.03 bits per heavy atom. The monoisotopic (exact) mass is 500 g/mol. The van der Waals surface area contributed by atoms with Crippen molar-refractivity contribution in [2.75, 3.05) is 33.7 Å². The molecule has 1 amide bonds. The minimum Gasteiger partial charge on any atom is -0.348 e. The molecule has 1 aromatic carbocycles. The molecule has 34 heavy (non-hydrogen) atoms. The van der Waals surface area contributed by atoms with Crippen LogP contribution in [0.25, 0.3) is 0 Å². The topological polar surface area (TPSA) is 83.5 Å². The van der Waals surface area contributed by atoms with Gasteiger partial charge in [-0.15, -0.1) is 22.7 Å². The molecule has 2 unspecified atom stereocenters. The first-order chi connectivity index (χ1) is 16.3. The van der Waals surface area contributed by atoms with E-state index < -0.39 is 17.8 Å². The Labute approximate surface area is 205 Å². The lowest BCUT2D eigenvalue weighted by molar-refractivity contribution is -0.130. The summed E-state index contributed by atoms with van der Waals surface area (Å²) in [6.07, 6.45) is 3.13. The van der Waals surface area contributed by atoms with Gasteiger partial charge in [-0.2, -0.15) is 0 Å². The standard InChI is InChI=1S/C24H25FN4O3S2/c1-14-15(5-4-6-18(14)25)20-16(21(31)23-26-7-9-33-23)11-29(13-19(30)28(2)3)12-17(20)22(32)24-27-8-10-34-24/h4-10,16-17,20H,11-13H2,1-3H3. The van der Waals surface area contributed by atoms with Crippen molar-refractivity contribution < 1.29 is 18.8 Å². The second kappa shape index (κ2) is 10.2. The zero-order valence-corrected chi connectivity index (χ0v) is 20.7. The van der Waals surface area contributed by atoms with Crippen molar-refractivity contribution in [2.45, 2.75) is 12.8 Å². The minimum atomic E-state index is -0.677. The van der Waals surface area contributed by atoms with E-state index in [4.69, 9.17) is 0 Å². The van der Waals surface area contributed by atoms with Gasteiger partial charge in [0.1, 0.15) is 5.82 Å². The van der Waals surface area contributed by atoms with Gasteiger partial charge in [-0.1, -0.05) is 12.1 Å². The van der Waals surface area contributed by atoms with Crippen molar-refractivity contribution in [1.29, 1.82) is 0 Å². The summed E-state index contributed by atoms with van der Waals surface area (Å²) in [7, 11) is 3.34. The van der Waals surface area contributed by atoms with Crippen LogP contribution in [0.15, 0.2) is 41.4 Å². The van der Waals surface area contributed by atoms with Crippen LogP contribution in [0.3, 0.4) is 0 Å². The van der Waals surface area contributed by atoms with Crippen molar-refractivity contribution >= 4 is 40.1 Å². The maximum Gasteiger partial charge on any atom is 0.236 e. The second-order valence-corrected chi connectivity index (χ2v) is 10.4. The van der Waals surface area contributed by atoms with Crippen LogP contribution in [-0.4, -0.2) is 71.0 Å². The Morgan fingerprint density at radius 2 is 1.59 bits per heavy atom. The average molecular weight is 501 g/mol. The van der Waals surface area contributed by atoms with Crippen molar-refractivity contribution in [2.24, 2.45) is 11.8 Å². The molecule has 3 aromatic rings. The third-order valence-electron chi connectivity index (χ3n) is 6.26. The molecule has 0 bridgehead atoms. The minimum absolute atomic E-state index is 0.0746. The van der Waals surface area contributed by atoms with E-state index in [1.165, 1.54) is 33.6 Å². The molecular weight excluding hydrogens is 475 g/mol. The number of piperidine rings is 1. The van der Waals surface area contributed by atoms with Gasteiger partial charge in [0.05, 0.1) is 6.54 Å².